The van der Waals surface area contributed by atoms with E-state index in [1.807, 2.05) is 17.5 Å². The van der Waals surface area contributed by atoms with E-state index >= 15 is 0 Å². The molecule has 2 aromatic rings. The Morgan fingerprint density at radius 3 is 2.68 bits per heavy atom. The van der Waals surface area contributed by atoms with E-state index in [-0.39, 0.29) is 24.3 Å². The van der Waals surface area contributed by atoms with Crippen LogP contribution >= 0.6 is 11.3 Å². The van der Waals surface area contributed by atoms with Gasteiger partial charge in [-0.3, -0.25) is 9.59 Å². The average molecular weight is 318 g/mol. The zero-order valence-corrected chi connectivity index (χ0v) is 13.2. The number of hydrogen-bond acceptors (Lipinski definition) is 5. The number of thiophene rings is 1. The lowest BCUT2D eigenvalue weighted by Gasteiger charge is -2.16. The van der Waals surface area contributed by atoms with Crippen LogP contribution in [-0.4, -0.2) is 23.8 Å². The molecule has 0 radical (unpaired) electrons. The van der Waals surface area contributed by atoms with Gasteiger partial charge in [-0.2, -0.15) is 0 Å². The summed E-state index contributed by atoms with van der Waals surface area (Å²) in [5.41, 5.74) is 0.622. The van der Waals surface area contributed by atoms with Gasteiger partial charge in [0, 0.05) is 18.8 Å². The molecule has 0 aromatic carbocycles. The number of amides is 2. The summed E-state index contributed by atoms with van der Waals surface area (Å²) >= 11 is 1.51. The van der Waals surface area contributed by atoms with Crippen molar-refractivity contribution >= 4 is 34.7 Å². The van der Waals surface area contributed by atoms with E-state index < -0.39 is 0 Å². The fourth-order valence-corrected chi connectivity index (χ4v) is 2.75. The van der Waals surface area contributed by atoms with Crippen molar-refractivity contribution in [1.29, 1.82) is 0 Å². The maximum Gasteiger partial charge on any atom is 0.226 e. The van der Waals surface area contributed by atoms with Crippen LogP contribution in [0.3, 0.4) is 0 Å². The summed E-state index contributed by atoms with van der Waals surface area (Å²) in [5.74, 6) is 0.394. The molecule has 0 aliphatic carbocycles. The van der Waals surface area contributed by atoms with Crippen LogP contribution in [0.4, 0.5) is 11.5 Å². The molecule has 116 valence electrons. The fourth-order valence-electron chi connectivity index (χ4n) is 1.97. The highest BCUT2D eigenvalue weighted by atomic mass is 32.1. The smallest absolute Gasteiger partial charge is 0.226 e. The normalized spacial score (nSPS) is 11.5. The van der Waals surface area contributed by atoms with Crippen LogP contribution in [0.15, 0.2) is 35.8 Å². The van der Waals surface area contributed by atoms with Gasteiger partial charge in [0.2, 0.25) is 11.8 Å². The maximum atomic E-state index is 12.2. The Balaban J connectivity index is 1.99. The Kier molecular flexibility index (Phi) is 5.48. The minimum absolute atomic E-state index is 0.161. The lowest BCUT2D eigenvalue weighted by atomic mass is 10.1. The zero-order valence-electron chi connectivity index (χ0n) is 12.4. The number of nitrogens with one attached hydrogen (secondary N) is 3. The third-order valence-electron chi connectivity index (χ3n) is 2.96. The second kappa shape index (κ2) is 7.56. The second-order valence-electron chi connectivity index (χ2n) is 4.70. The van der Waals surface area contributed by atoms with Gasteiger partial charge in [-0.15, -0.1) is 11.3 Å². The number of nitrogens with zero attached hydrogens (tertiary/aromatic N) is 1. The molecule has 2 aromatic heterocycles. The Morgan fingerprint density at radius 2 is 2.14 bits per heavy atom. The molecule has 0 aliphatic rings. The quantitative estimate of drug-likeness (QED) is 0.763. The highest BCUT2D eigenvalue weighted by molar-refractivity contribution is 7.10. The van der Waals surface area contributed by atoms with Crippen LogP contribution in [0.25, 0.3) is 0 Å². The first kappa shape index (κ1) is 16.0. The van der Waals surface area contributed by atoms with Crippen molar-refractivity contribution in [2.24, 2.45) is 0 Å². The third-order valence-corrected chi connectivity index (χ3v) is 3.94. The van der Waals surface area contributed by atoms with E-state index in [0.717, 1.165) is 10.7 Å². The number of anilines is 2. The van der Waals surface area contributed by atoms with E-state index in [0.29, 0.717) is 5.69 Å². The Morgan fingerprint density at radius 1 is 1.32 bits per heavy atom. The summed E-state index contributed by atoms with van der Waals surface area (Å²) in [4.78, 5) is 28.5. The molecule has 6 nitrogen and oxygen atoms in total. The number of aromatic nitrogens is 1. The second-order valence-corrected chi connectivity index (χ2v) is 5.68. The predicted octanol–water partition coefficient (Wildman–Crippen LogP) is 2.39. The molecule has 0 saturated carbocycles. The molecule has 0 fully saturated rings. The molecule has 7 heteroatoms. The maximum absolute atomic E-state index is 12.2. The topological polar surface area (TPSA) is 83.1 Å². The van der Waals surface area contributed by atoms with Crippen LogP contribution in [0.1, 0.15) is 24.3 Å². The highest BCUT2D eigenvalue weighted by Crippen LogP contribution is 2.22. The zero-order chi connectivity index (χ0) is 15.9. The SMILES string of the molecule is CNc1ccc(NC(=O)CC(NC(C)=O)c2cccs2)cn1. The molecule has 1 atom stereocenters. The van der Waals surface area contributed by atoms with Crippen molar-refractivity contribution in [3.8, 4) is 0 Å². The van der Waals surface area contributed by atoms with Gasteiger partial charge < -0.3 is 16.0 Å². The van der Waals surface area contributed by atoms with Crippen molar-refractivity contribution in [2.75, 3.05) is 17.7 Å². The van der Waals surface area contributed by atoms with Crippen LogP contribution < -0.4 is 16.0 Å². The van der Waals surface area contributed by atoms with Gasteiger partial charge in [-0.25, -0.2) is 4.98 Å². The average Bonchev–Trinajstić information content (AvgIpc) is 3.01. The van der Waals surface area contributed by atoms with Crippen molar-refractivity contribution < 1.29 is 9.59 Å². The van der Waals surface area contributed by atoms with E-state index in [9.17, 15) is 9.59 Å². The van der Waals surface area contributed by atoms with Crippen molar-refractivity contribution in [1.82, 2.24) is 10.3 Å². The summed E-state index contributed by atoms with van der Waals surface area (Å²) in [7, 11) is 1.78. The van der Waals surface area contributed by atoms with Gasteiger partial charge in [-0.1, -0.05) is 6.07 Å². The number of carbonyl (C=O) groups excluding carboxylic acids is 2. The van der Waals surface area contributed by atoms with Gasteiger partial charge in [0.1, 0.15) is 5.82 Å². The van der Waals surface area contributed by atoms with Gasteiger partial charge in [-0.05, 0) is 23.6 Å². The van der Waals surface area contributed by atoms with Gasteiger partial charge >= 0.3 is 0 Å². The number of pyridine rings is 1. The van der Waals surface area contributed by atoms with Gasteiger partial charge in [0.25, 0.3) is 0 Å². The first-order valence-corrected chi connectivity index (χ1v) is 7.70. The van der Waals surface area contributed by atoms with E-state index in [2.05, 4.69) is 20.9 Å². The Hall–Kier alpha value is -2.41. The molecule has 2 heterocycles. The monoisotopic (exact) mass is 318 g/mol. The van der Waals surface area contributed by atoms with E-state index in [4.69, 9.17) is 0 Å². The molecule has 0 bridgehead atoms. The largest absolute Gasteiger partial charge is 0.373 e. The lowest BCUT2D eigenvalue weighted by molar-refractivity contribution is -0.120. The lowest BCUT2D eigenvalue weighted by Crippen LogP contribution is -2.29. The number of carbonyl (C=O) groups is 2. The summed E-state index contributed by atoms with van der Waals surface area (Å²) in [6, 6.07) is 7.03. The first-order chi connectivity index (χ1) is 10.6. The summed E-state index contributed by atoms with van der Waals surface area (Å²) in [6.07, 6.45) is 1.76. The molecule has 22 heavy (non-hydrogen) atoms. The molecule has 0 saturated heterocycles. The highest BCUT2D eigenvalue weighted by Gasteiger charge is 2.18. The van der Waals surface area contributed by atoms with E-state index in [1.165, 1.54) is 18.3 Å². The molecule has 0 aliphatic heterocycles. The van der Waals surface area contributed by atoms with Crippen molar-refractivity contribution in [3.05, 3.63) is 40.7 Å². The molecule has 3 N–H and O–H groups in total. The first-order valence-electron chi connectivity index (χ1n) is 6.82. The van der Waals surface area contributed by atoms with Crippen LogP contribution in [0, 0.1) is 0 Å². The van der Waals surface area contributed by atoms with Crippen molar-refractivity contribution in [3.63, 3.8) is 0 Å². The summed E-state index contributed by atoms with van der Waals surface area (Å²) in [5, 5.41) is 10.4. The van der Waals surface area contributed by atoms with E-state index in [1.54, 1.807) is 25.4 Å². The Bertz CT molecular complexity index is 626. The molecular weight excluding hydrogens is 300 g/mol. The summed E-state index contributed by atoms with van der Waals surface area (Å²) in [6.45, 7) is 1.44. The number of rotatable bonds is 6. The molecular formula is C15H18N4O2S. The molecule has 1 unspecified atom stereocenters. The van der Waals surface area contributed by atoms with Crippen LogP contribution in [0.5, 0.6) is 0 Å². The molecule has 2 amide bonds. The third kappa shape index (κ3) is 4.56. The van der Waals surface area contributed by atoms with Gasteiger partial charge in [0.05, 0.1) is 24.3 Å². The molecule has 2 rings (SSSR count). The van der Waals surface area contributed by atoms with Crippen LogP contribution in [-0.2, 0) is 9.59 Å². The fraction of sp³-hybridized carbons (Fsp3) is 0.267. The Labute approximate surface area is 133 Å². The van der Waals surface area contributed by atoms with Crippen molar-refractivity contribution in [2.45, 2.75) is 19.4 Å². The predicted molar refractivity (Wildman–Crippen MR) is 87.9 cm³/mol. The number of hydrogen-bond donors (Lipinski definition) is 3. The minimum Gasteiger partial charge on any atom is -0.373 e. The minimum atomic E-state index is -0.318. The van der Waals surface area contributed by atoms with Gasteiger partial charge in [0.15, 0.2) is 0 Å². The van der Waals surface area contributed by atoms with Crippen LogP contribution in [0.2, 0.25) is 0 Å². The standard InChI is InChI=1S/C15H18N4O2S/c1-10(20)18-12(13-4-3-7-22-13)8-15(21)19-11-5-6-14(16-2)17-9-11/h3-7,9,12H,8H2,1-2H3,(H,16,17)(H,18,20)(H,19,21). The molecule has 0 spiro atoms. The summed E-state index contributed by atoms with van der Waals surface area (Å²) < 4.78 is 0.